The third-order valence-corrected chi connectivity index (χ3v) is 3.19. The molecular formula is C13H16N6O. The first-order valence-electron chi connectivity index (χ1n) is 6.55. The Balaban J connectivity index is 1.65. The summed E-state index contributed by atoms with van der Waals surface area (Å²) in [5, 5.41) is 12.4. The van der Waals surface area contributed by atoms with Crippen molar-refractivity contribution in [1.82, 2.24) is 20.5 Å². The molecule has 1 amide bonds. The molecule has 2 aromatic heterocycles. The van der Waals surface area contributed by atoms with E-state index in [0.29, 0.717) is 11.4 Å². The number of carbonyl (C=O) groups is 1. The lowest BCUT2D eigenvalue weighted by atomic mass is 10.3. The third kappa shape index (κ3) is 2.77. The van der Waals surface area contributed by atoms with E-state index in [1.807, 2.05) is 12.1 Å². The lowest BCUT2D eigenvalue weighted by Crippen LogP contribution is -2.43. The van der Waals surface area contributed by atoms with Gasteiger partial charge in [0.25, 0.3) is 5.91 Å². The molecule has 3 rings (SSSR count). The van der Waals surface area contributed by atoms with Crippen molar-refractivity contribution in [3.8, 4) is 0 Å². The maximum atomic E-state index is 11.8. The molecule has 104 valence electrons. The van der Waals surface area contributed by atoms with Crippen molar-refractivity contribution in [1.29, 1.82) is 0 Å². The summed E-state index contributed by atoms with van der Waals surface area (Å²) in [6.45, 7) is 3.85. The normalized spacial score (nSPS) is 15.1. The Bertz CT molecular complexity index is 559. The first-order valence-corrected chi connectivity index (χ1v) is 6.55. The number of aromatic nitrogens is 3. The Hall–Kier alpha value is -2.41. The lowest BCUT2D eigenvalue weighted by molar-refractivity contribution is 0.102. The molecule has 0 unspecified atom stereocenters. The smallest absolute Gasteiger partial charge is 0.273 e. The van der Waals surface area contributed by atoms with Crippen molar-refractivity contribution >= 4 is 17.4 Å². The maximum Gasteiger partial charge on any atom is 0.273 e. The molecule has 0 bridgehead atoms. The zero-order valence-electron chi connectivity index (χ0n) is 11.0. The molecule has 0 radical (unpaired) electrons. The Morgan fingerprint density at radius 3 is 2.75 bits per heavy atom. The van der Waals surface area contributed by atoms with Crippen LogP contribution in [0.3, 0.4) is 0 Å². The van der Waals surface area contributed by atoms with Gasteiger partial charge in [0.15, 0.2) is 0 Å². The number of amides is 1. The van der Waals surface area contributed by atoms with Gasteiger partial charge in [-0.25, -0.2) is 4.98 Å². The van der Waals surface area contributed by atoms with Crippen molar-refractivity contribution in [2.45, 2.75) is 0 Å². The standard InChI is InChI=1S/C13H16N6O/c20-13(11-3-4-16-18-11)17-10-1-2-12(15-9-10)19-7-5-14-6-8-19/h1-4,9,14H,5-8H2,(H,16,18)(H,17,20). The van der Waals surface area contributed by atoms with Crippen LogP contribution in [-0.2, 0) is 0 Å². The molecule has 0 aromatic carbocycles. The van der Waals surface area contributed by atoms with Crippen LogP contribution in [0.4, 0.5) is 11.5 Å². The number of rotatable bonds is 3. The quantitative estimate of drug-likeness (QED) is 0.756. The Kier molecular flexibility index (Phi) is 3.60. The molecule has 0 aliphatic carbocycles. The van der Waals surface area contributed by atoms with Crippen LogP contribution >= 0.6 is 0 Å². The van der Waals surface area contributed by atoms with Gasteiger partial charge in [0.2, 0.25) is 0 Å². The van der Waals surface area contributed by atoms with Gasteiger partial charge in [0.05, 0.1) is 11.9 Å². The molecule has 20 heavy (non-hydrogen) atoms. The van der Waals surface area contributed by atoms with Gasteiger partial charge in [-0.05, 0) is 18.2 Å². The van der Waals surface area contributed by atoms with E-state index < -0.39 is 0 Å². The largest absolute Gasteiger partial charge is 0.354 e. The van der Waals surface area contributed by atoms with E-state index in [4.69, 9.17) is 0 Å². The molecule has 1 fully saturated rings. The highest BCUT2D eigenvalue weighted by Gasteiger charge is 2.12. The number of H-pyrrole nitrogens is 1. The predicted molar refractivity (Wildman–Crippen MR) is 75.9 cm³/mol. The van der Waals surface area contributed by atoms with Crippen molar-refractivity contribution < 1.29 is 4.79 Å². The number of piperazine rings is 1. The van der Waals surface area contributed by atoms with Crippen LogP contribution in [0, 0.1) is 0 Å². The van der Waals surface area contributed by atoms with Gasteiger partial charge in [-0.15, -0.1) is 0 Å². The third-order valence-electron chi connectivity index (χ3n) is 3.19. The summed E-state index contributed by atoms with van der Waals surface area (Å²) in [7, 11) is 0. The van der Waals surface area contributed by atoms with Crippen molar-refractivity contribution in [2.24, 2.45) is 0 Å². The average molecular weight is 272 g/mol. The van der Waals surface area contributed by atoms with E-state index in [2.05, 4.69) is 30.7 Å². The summed E-state index contributed by atoms with van der Waals surface area (Å²) in [5.74, 6) is 0.713. The molecule has 0 spiro atoms. The lowest BCUT2D eigenvalue weighted by Gasteiger charge is -2.28. The summed E-state index contributed by atoms with van der Waals surface area (Å²) in [5.41, 5.74) is 1.10. The fourth-order valence-electron chi connectivity index (χ4n) is 2.12. The zero-order valence-corrected chi connectivity index (χ0v) is 11.0. The molecule has 2 aromatic rings. The average Bonchev–Trinajstić information content (AvgIpc) is 3.03. The van der Waals surface area contributed by atoms with Gasteiger partial charge in [0, 0.05) is 32.4 Å². The Labute approximate surface area is 116 Å². The van der Waals surface area contributed by atoms with Crippen molar-refractivity contribution in [3.05, 3.63) is 36.3 Å². The van der Waals surface area contributed by atoms with Crippen LogP contribution in [0.2, 0.25) is 0 Å². The molecule has 7 heteroatoms. The van der Waals surface area contributed by atoms with E-state index >= 15 is 0 Å². The number of pyridine rings is 1. The number of anilines is 2. The minimum absolute atomic E-state index is 0.223. The van der Waals surface area contributed by atoms with Gasteiger partial charge < -0.3 is 15.5 Å². The van der Waals surface area contributed by atoms with Gasteiger partial charge in [-0.2, -0.15) is 5.10 Å². The minimum atomic E-state index is -0.223. The van der Waals surface area contributed by atoms with Crippen molar-refractivity contribution in [2.75, 3.05) is 36.4 Å². The summed E-state index contributed by atoms with van der Waals surface area (Å²) in [6, 6.07) is 5.41. The number of nitrogens with one attached hydrogen (secondary N) is 3. The molecular weight excluding hydrogens is 256 g/mol. The molecule has 0 atom stereocenters. The number of aromatic amines is 1. The fraction of sp³-hybridized carbons (Fsp3) is 0.308. The zero-order chi connectivity index (χ0) is 13.8. The second-order valence-corrected chi connectivity index (χ2v) is 4.57. The molecule has 1 saturated heterocycles. The second kappa shape index (κ2) is 5.70. The fourth-order valence-corrected chi connectivity index (χ4v) is 2.12. The number of hydrogen-bond donors (Lipinski definition) is 3. The van der Waals surface area contributed by atoms with Gasteiger partial charge in [-0.1, -0.05) is 0 Å². The van der Waals surface area contributed by atoms with Gasteiger partial charge in [0.1, 0.15) is 11.5 Å². The highest BCUT2D eigenvalue weighted by molar-refractivity contribution is 6.02. The number of hydrogen-bond acceptors (Lipinski definition) is 5. The van der Waals surface area contributed by atoms with Crippen LogP contribution in [0.15, 0.2) is 30.6 Å². The Morgan fingerprint density at radius 2 is 2.10 bits per heavy atom. The minimum Gasteiger partial charge on any atom is -0.354 e. The first-order chi connectivity index (χ1) is 9.83. The van der Waals surface area contributed by atoms with Crippen LogP contribution < -0.4 is 15.5 Å². The summed E-state index contributed by atoms with van der Waals surface area (Å²) >= 11 is 0. The van der Waals surface area contributed by atoms with E-state index in [1.165, 1.54) is 0 Å². The van der Waals surface area contributed by atoms with Crippen molar-refractivity contribution in [3.63, 3.8) is 0 Å². The second-order valence-electron chi connectivity index (χ2n) is 4.57. The van der Waals surface area contributed by atoms with Crippen LogP contribution in [-0.4, -0.2) is 47.3 Å². The van der Waals surface area contributed by atoms with E-state index in [0.717, 1.165) is 32.0 Å². The highest BCUT2D eigenvalue weighted by atomic mass is 16.1. The van der Waals surface area contributed by atoms with Crippen LogP contribution in [0.5, 0.6) is 0 Å². The summed E-state index contributed by atoms with van der Waals surface area (Å²) in [6.07, 6.45) is 3.21. The predicted octanol–water partition coefficient (Wildman–Crippen LogP) is 0.467. The first kappa shape index (κ1) is 12.6. The molecule has 0 saturated carbocycles. The highest BCUT2D eigenvalue weighted by Crippen LogP contribution is 2.15. The number of nitrogens with zero attached hydrogens (tertiary/aromatic N) is 3. The van der Waals surface area contributed by atoms with E-state index in [9.17, 15) is 4.79 Å². The molecule has 1 aliphatic heterocycles. The molecule has 1 aliphatic rings. The maximum absolute atomic E-state index is 11.8. The molecule has 7 nitrogen and oxygen atoms in total. The molecule has 3 N–H and O–H groups in total. The topological polar surface area (TPSA) is 85.9 Å². The molecule has 3 heterocycles. The SMILES string of the molecule is O=C(Nc1ccc(N2CCNCC2)nc1)c1ccn[nH]1. The van der Waals surface area contributed by atoms with E-state index in [1.54, 1.807) is 18.5 Å². The summed E-state index contributed by atoms with van der Waals surface area (Å²) < 4.78 is 0. The van der Waals surface area contributed by atoms with Crippen LogP contribution in [0.1, 0.15) is 10.5 Å². The number of carbonyl (C=O) groups excluding carboxylic acids is 1. The van der Waals surface area contributed by atoms with E-state index in [-0.39, 0.29) is 5.91 Å². The Morgan fingerprint density at radius 1 is 1.25 bits per heavy atom. The van der Waals surface area contributed by atoms with Crippen LogP contribution in [0.25, 0.3) is 0 Å². The summed E-state index contributed by atoms with van der Waals surface area (Å²) in [4.78, 5) is 18.4. The van der Waals surface area contributed by atoms with Gasteiger partial charge >= 0.3 is 0 Å². The van der Waals surface area contributed by atoms with Gasteiger partial charge in [-0.3, -0.25) is 9.89 Å². The monoisotopic (exact) mass is 272 g/mol.